The number of sulfonamides is 1. The van der Waals surface area contributed by atoms with Gasteiger partial charge in [-0.25, -0.2) is 8.42 Å². The van der Waals surface area contributed by atoms with Crippen LogP contribution in [0.5, 0.6) is 0 Å². The second-order valence-corrected chi connectivity index (χ2v) is 7.36. The van der Waals surface area contributed by atoms with E-state index in [9.17, 15) is 18.3 Å². The third-order valence-corrected chi connectivity index (χ3v) is 4.05. The third-order valence-electron chi connectivity index (χ3n) is 3.46. The lowest BCUT2D eigenvalue weighted by molar-refractivity contribution is 0.0264. The highest BCUT2D eigenvalue weighted by atomic mass is 32.2. The number of hydrogen-bond acceptors (Lipinski definition) is 5. The lowest BCUT2D eigenvalue weighted by Gasteiger charge is -2.20. The Labute approximate surface area is 129 Å². The Morgan fingerprint density at radius 3 is 2.77 bits per heavy atom. The molecule has 0 bridgehead atoms. The number of rotatable bonds is 5. The zero-order valence-corrected chi connectivity index (χ0v) is 13.4. The first-order valence-electron chi connectivity index (χ1n) is 6.85. The lowest BCUT2D eigenvalue weighted by Crippen LogP contribution is -2.43. The van der Waals surface area contributed by atoms with Crippen LogP contribution in [0.15, 0.2) is 18.2 Å². The summed E-state index contributed by atoms with van der Waals surface area (Å²) in [6.45, 7) is 2.50. The monoisotopic (exact) mass is 328 g/mol. The fourth-order valence-corrected chi connectivity index (χ4v) is 2.78. The molecule has 0 radical (unpaired) electrons. The zero-order valence-electron chi connectivity index (χ0n) is 12.5. The maximum absolute atomic E-state index is 12.1. The molecule has 1 saturated heterocycles. The van der Waals surface area contributed by atoms with Gasteiger partial charge in [-0.05, 0) is 24.6 Å². The van der Waals surface area contributed by atoms with Crippen LogP contribution in [-0.2, 0) is 14.8 Å². The van der Waals surface area contributed by atoms with Gasteiger partial charge in [-0.3, -0.25) is 9.52 Å². The standard InChI is InChI=1S/C14H20N2O5S/c1-10-3-4-11(7-12(10)16-22(2,19)20)13(17)15-8-14(18)5-6-21-9-14/h3-4,7,16,18H,5-6,8-9H2,1-2H3,(H,15,17). The summed E-state index contributed by atoms with van der Waals surface area (Å²) in [5, 5.41) is 12.8. The summed E-state index contributed by atoms with van der Waals surface area (Å²) in [7, 11) is -3.42. The van der Waals surface area contributed by atoms with E-state index in [-0.39, 0.29) is 19.1 Å². The summed E-state index contributed by atoms with van der Waals surface area (Å²) in [5.41, 5.74) is 0.357. The SMILES string of the molecule is Cc1ccc(C(=O)NCC2(O)CCOC2)cc1NS(C)(=O)=O. The molecular formula is C14H20N2O5S. The molecule has 0 saturated carbocycles. The molecule has 0 aliphatic carbocycles. The van der Waals surface area contributed by atoms with Crippen molar-refractivity contribution in [1.29, 1.82) is 0 Å². The van der Waals surface area contributed by atoms with E-state index in [1.165, 1.54) is 6.07 Å². The fourth-order valence-electron chi connectivity index (χ4n) is 2.16. The van der Waals surface area contributed by atoms with E-state index in [0.717, 1.165) is 6.26 Å². The van der Waals surface area contributed by atoms with Gasteiger partial charge in [-0.1, -0.05) is 6.07 Å². The number of carbonyl (C=O) groups is 1. The number of carbonyl (C=O) groups excluding carboxylic acids is 1. The van der Waals surface area contributed by atoms with Crippen LogP contribution in [0.25, 0.3) is 0 Å². The molecule has 1 heterocycles. The van der Waals surface area contributed by atoms with Crippen molar-refractivity contribution in [2.24, 2.45) is 0 Å². The van der Waals surface area contributed by atoms with E-state index in [1.54, 1.807) is 19.1 Å². The number of anilines is 1. The number of aliphatic hydroxyl groups is 1. The second kappa shape index (κ2) is 6.23. The molecule has 2 rings (SSSR count). The number of amides is 1. The number of benzene rings is 1. The molecule has 1 aromatic rings. The van der Waals surface area contributed by atoms with Crippen LogP contribution in [0.3, 0.4) is 0 Å². The summed E-state index contributed by atoms with van der Waals surface area (Å²) < 4.78 is 30.1. The van der Waals surface area contributed by atoms with Crippen LogP contribution >= 0.6 is 0 Å². The topological polar surface area (TPSA) is 105 Å². The van der Waals surface area contributed by atoms with Crippen LogP contribution in [0.4, 0.5) is 5.69 Å². The molecule has 0 spiro atoms. The van der Waals surface area contributed by atoms with Crippen LogP contribution < -0.4 is 10.0 Å². The van der Waals surface area contributed by atoms with Gasteiger partial charge >= 0.3 is 0 Å². The minimum Gasteiger partial charge on any atom is -0.386 e. The van der Waals surface area contributed by atoms with Gasteiger partial charge < -0.3 is 15.2 Å². The number of nitrogens with one attached hydrogen (secondary N) is 2. The molecule has 0 aromatic heterocycles. The Balaban J connectivity index is 2.08. The van der Waals surface area contributed by atoms with Gasteiger partial charge in [-0.2, -0.15) is 0 Å². The molecular weight excluding hydrogens is 308 g/mol. The van der Waals surface area contributed by atoms with Crippen molar-refractivity contribution in [3.63, 3.8) is 0 Å². The number of ether oxygens (including phenoxy) is 1. The summed E-state index contributed by atoms with van der Waals surface area (Å²) in [6, 6.07) is 4.74. The van der Waals surface area contributed by atoms with Gasteiger partial charge in [0.1, 0.15) is 5.60 Å². The van der Waals surface area contributed by atoms with Gasteiger partial charge in [0.25, 0.3) is 5.91 Å². The molecule has 1 fully saturated rings. The average molecular weight is 328 g/mol. The third kappa shape index (κ3) is 4.43. The van der Waals surface area contributed by atoms with Crippen molar-refractivity contribution >= 4 is 21.6 Å². The Bertz CT molecular complexity index is 666. The van der Waals surface area contributed by atoms with Gasteiger partial charge in [0.05, 0.1) is 18.6 Å². The number of aryl methyl sites for hydroxylation is 1. The highest BCUT2D eigenvalue weighted by molar-refractivity contribution is 7.92. The molecule has 1 unspecified atom stereocenters. The Kier molecular flexibility index (Phi) is 4.74. The maximum Gasteiger partial charge on any atom is 0.251 e. The molecule has 3 N–H and O–H groups in total. The first-order valence-corrected chi connectivity index (χ1v) is 8.74. The van der Waals surface area contributed by atoms with E-state index in [1.807, 2.05) is 0 Å². The maximum atomic E-state index is 12.1. The summed E-state index contributed by atoms with van der Waals surface area (Å²) in [4.78, 5) is 12.1. The fraction of sp³-hybridized carbons (Fsp3) is 0.500. The molecule has 7 nitrogen and oxygen atoms in total. The van der Waals surface area contributed by atoms with Crippen molar-refractivity contribution in [3.05, 3.63) is 29.3 Å². The molecule has 1 aromatic carbocycles. The van der Waals surface area contributed by atoms with Crippen LogP contribution in [-0.4, -0.2) is 51.0 Å². The molecule has 122 valence electrons. The quantitative estimate of drug-likeness (QED) is 0.718. The van der Waals surface area contributed by atoms with Crippen molar-refractivity contribution in [1.82, 2.24) is 5.32 Å². The first kappa shape index (κ1) is 16.7. The Hall–Kier alpha value is -1.64. The van der Waals surface area contributed by atoms with Gasteiger partial charge in [0.2, 0.25) is 10.0 Å². The summed E-state index contributed by atoms with van der Waals surface area (Å²) in [6.07, 6.45) is 1.52. The van der Waals surface area contributed by atoms with Gasteiger partial charge in [0.15, 0.2) is 0 Å². The summed E-state index contributed by atoms with van der Waals surface area (Å²) >= 11 is 0. The minimum absolute atomic E-state index is 0.0918. The smallest absolute Gasteiger partial charge is 0.251 e. The first-order chi connectivity index (χ1) is 10.2. The minimum atomic E-state index is -3.42. The molecule has 1 aliphatic rings. The van der Waals surface area contributed by atoms with Crippen LogP contribution in [0, 0.1) is 6.92 Å². The van der Waals surface area contributed by atoms with Crippen molar-refractivity contribution in [3.8, 4) is 0 Å². The second-order valence-electron chi connectivity index (χ2n) is 5.61. The van der Waals surface area contributed by atoms with E-state index in [2.05, 4.69) is 10.0 Å². The number of hydrogen-bond donors (Lipinski definition) is 3. The summed E-state index contributed by atoms with van der Waals surface area (Å²) in [5.74, 6) is -0.378. The molecule has 1 amide bonds. The zero-order chi connectivity index (χ0) is 16.4. The predicted octanol–water partition coefficient (Wildman–Crippen LogP) is 0.248. The highest BCUT2D eigenvalue weighted by Crippen LogP contribution is 2.19. The van der Waals surface area contributed by atoms with E-state index < -0.39 is 15.6 Å². The largest absolute Gasteiger partial charge is 0.386 e. The molecule has 1 aliphatic heterocycles. The lowest BCUT2D eigenvalue weighted by atomic mass is 10.0. The van der Waals surface area contributed by atoms with Gasteiger partial charge in [-0.15, -0.1) is 0 Å². The Morgan fingerprint density at radius 2 is 2.18 bits per heavy atom. The van der Waals surface area contributed by atoms with Crippen LogP contribution in [0.2, 0.25) is 0 Å². The van der Waals surface area contributed by atoms with E-state index in [4.69, 9.17) is 4.74 Å². The normalized spacial score (nSPS) is 21.6. The van der Waals surface area contributed by atoms with Crippen molar-refractivity contribution in [2.75, 3.05) is 30.7 Å². The van der Waals surface area contributed by atoms with Gasteiger partial charge in [0, 0.05) is 25.1 Å². The van der Waals surface area contributed by atoms with Crippen molar-refractivity contribution in [2.45, 2.75) is 18.9 Å². The van der Waals surface area contributed by atoms with E-state index in [0.29, 0.717) is 29.8 Å². The highest BCUT2D eigenvalue weighted by Gasteiger charge is 2.32. The Morgan fingerprint density at radius 1 is 1.45 bits per heavy atom. The average Bonchev–Trinajstić information content (AvgIpc) is 2.84. The van der Waals surface area contributed by atoms with Crippen LogP contribution in [0.1, 0.15) is 22.3 Å². The molecule has 22 heavy (non-hydrogen) atoms. The molecule has 1 atom stereocenters. The molecule has 8 heteroatoms. The predicted molar refractivity (Wildman–Crippen MR) is 82.4 cm³/mol. The van der Waals surface area contributed by atoms with E-state index >= 15 is 0 Å². The van der Waals surface area contributed by atoms with Crippen molar-refractivity contribution < 1.29 is 23.1 Å².